The minimum atomic E-state index is -4.03. The van der Waals surface area contributed by atoms with Gasteiger partial charge >= 0.3 is 7.82 Å². The molecule has 0 bridgehead atoms. The standard InChI is InChI=1S/C18H31O4P/c1-3-5-7-8-9-12-16-21-23(19,20)22-18-15-11-10-14-17(18)13-6-4-2/h10-11,14-15H,3-9,12-13,16H2,1-2H3,(H,19,20). The summed E-state index contributed by atoms with van der Waals surface area (Å²) in [5.41, 5.74) is 0.951. The topological polar surface area (TPSA) is 55.8 Å². The Morgan fingerprint density at radius 1 is 0.957 bits per heavy atom. The number of unbranched alkanes of at least 4 members (excludes halogenated alkanes) is 6. The number of rotatable bonds is 13. The molecule has 1 atom stereocenters. The molecule has 132 valence electrons. The molecule has 0 aliphatic heterocycles. The predicted molar refractivity (Wildman–Crippen MR) is 94.8 cm³/mol. The van der Waals surface area contributed by atoms with Gasteiger partial charge in [0.1, 0.15) is 5.75 Å². The SMILES string of the molecule is CCCCCCCCOP(=O)(O)Oc1ccccc1CCCC. The molecule has 5 heteroatoms. The van der Waals surface area contributed by atoms with Gasteiger partial charge in [-0.1, -0.05) is 70.6 Å². The summed E-state index contributed by atoms with van der Waals surface area (Å²) in [6.07, 6.45) is 9.56. The van der Waals surface area contributed by atoms with Gasteiger partial charge in [0.2, 0.25) is 0 Å². The van der Waals surface area contributed by atoms with Crippen molar-refractivity contribution < 1.29 is 18.5 Å². The van der Waals surface area contributed by atoms with Gasteiger partial charge in [-0.25, -0.2) is 4.57 Å². The molecule has 0 aliphatic carbocycles. The summed E-state index contributed by atoms with van der Waals surface area (Å²) in [7, 11) is -4.03. The van der Waals surface area contributed by atoms with Gasteiger partial charge in [-0.05, 0) is 30.9 Å². The van der Waals surface area contributed by atoms with Crippen LogP contribution in [-0.4, -0.2) is 11.5 Å². The highest BCUT2D eigenvalue weighted by Crippen LogP contribution is 2.45. The summed E-state index contributed by atoms with van der Waals surface area (Å²) < 4.78 is 22.4. The highest BCUT2D eigenvalue weighted by molar-refractivity contribution is 7.47. The molecule has 23 heavy (non-hydrogen) atoms. The number of phosphoric acid groups is 1. The Bertz CT molecular complexity index is 476. The third-order valence-corrected chi connectivity index (χ3v) is 4.67. The molecule has 0 radical (unpaired) electrons. The minimum absolute atomic E-state index is 0.261. The fourth-order valence-corrected chi connectivity index (χ4v) is 3.22. The van der Waals surface area contributed by atoms with E-state index in [-0.39, 0.29) is 6.61 Å². The number of phosphoric ester groups is 1. The monoisotopic (exact) mass is 342 g/mol. The third-order valence-electron chi connectivity index (χ3n) is 3.74. The van der Waals surface area contributed by atoms with Crippen LogP contribution in [0.2, 0.25) is 0 Å². The zero-order valence-electron chi connectivity index (χ0n) is 14.5. The van der Waals surface area contributed by atoms with Crippen molar-refractivity contribution in [3.8, 4) is 5.75 Å². The smallest absolute Gasteiger partial charge is 0.404 e. The van der Waals surface area contributed by atoms with Gasteiger partial charge in [-0.15, -0.1) is 0 Å². The average Bonchev–Trinajstić information content (AvgIpc) is 2.53. The summed E-state index contributed by atoms with van der Waals surface area (Å²) in [6, 6.07) is 7.37. The normalized spacial score (nSPS) is 13.7. The van der Waals surface area contributed by atoms with Crippen LogP contribution in [0.3, 0.4) is 0 Å². The van der Waals surface area contributed by atoms with E-state index in [4.69, 9.17) is 9.05 Å². The van der Waals surface area contributed by atoms with Crippen molar-refractivity contribution in [1.29, 1.82) is 0 Å². The van der Waals surface area contributed by atoms with E-state index in [1.54, 1.807) is 12.1 Å². The van der Waals surface area contributed by atoms with Gasteiger partial charge in [0.25, 0.3) is 0 Å². The molecular formula is C18H31O4P. The van der Waals surface area contributed by atoms with Crippen LogP contribution in [0.1, 0.15) is 70.8 Å². The fraction of sp³-hybridized carbons (Fsp3) is 0.667. The summed E-state index contributed by atoms with van der Waals surface area (Å²) >= 11 is 0. The van der Waals surface area contributed by atoms with E-state index in [9.17, 15) is 9.46 Å². The summed E-state index contributed by atoms with van der Waals surface area (Å²) in [6.45, 7) is 4.56. The zero-order chi connectivity index (χ0) is 17.0. The van der Waals surface area contributed by atoms with Gasteiger partial charge in [0.15, 0.2) is 0 Å². The van der Waals surface area contributed by atoms with Crippen LogP contribution in [-0.2, 0) is 15.5 Å². The maximum atomic E-state index is 12.1. The van der Waals surface area contributed by atoms with E-state index < -0.39 is 7.82 Å². The molecule has 0 aliphatic rings. The van der Waals surface area contributed by atoms with Gasteiger partial charge in [0.05, 0.1) is 6.61 Å². The Labute approximate surface area is 140 Å². The highest BCUT2D eigenvalue weighted by Gasteiger charge is 2.23. The van der Waals surface area contributed by atoms with Crippen LogP contribution >= 0.6 is 7.82 Å². The van der Waals surface area contributed by atoms with Crippen molar-refractivity contribution in [2.45, 2.75) is 71.6 Å². The lowest BCUT2D eigenvalue weighted by atomic mass is 10.1. The van der Waals surface area contributed by atoms with Gasteiger partial charge in [-0.3, -0.25) is 9.42 Å². The molecule has 0 aromatic heterocycles. The first kappa shape index (κ1) is 20.2. The first-order chi connectivity index (χ1) is 11.1. The van der Waals surface area contributed by atoms with Gasteiger partial charge in [-0.2, -0.15) is 0 Å². The number of para-hydroxylation sites is 1. The van der Waals surface area contributed by atoms with Crippen LogP contribution in [0.25, 0.3) is 0 Å². The average molecular weight is 342 g/mol. The van der Waals surface area contributed by atoms with Crippen LogP contribution in [0, 0.1) is 0 Å². The van der Waals surface area contributed by atoms with Crippen molar-refractivity contribution in [2.75, 3.05) is 6.61 Å². The van der Waals surface area contributed by atoms with E-state index >= 15 is 0 Å². The molecule has 0 fully saturated rings. The maximum Gasteiger partial charge on any atom is 0.527 e. The van der Waals surface area contributed by atoms with Crippen molar-refractivity contribution in [2.24, 2.45) is 0 Å². The van der Waals surface area contributed by atoms with E-state index in [1.807, 2.05) is 12.1 Å². The molecule has 1 aromatic carbocycles. The Hall–Kier alpha value is -0.830. The Balaban J connectivity index is 2.38. The lowest BCUT2D eigenvalue weighted by Crippen LogP contribution is -2.01. The van der Waals surface area contributed by atoms with Crippen LogP contribution in [0.5, 0.6) is 5.75 Å². The molecule has 0 spiro atoms. The van der Waals surface area contributed by atoms with Crippen molar-refractivity contribution >= 4 is 7.82 Å². The summed E-state index contributed by atoms with van der Waals surface area (Å²) in [5.74, 6) is 0.453. The molecule has 0 saturated heterocycles. The van der Waals surface area contributed by atoms with E-state index in [0.717, 1.165) is 44.1 Å². The third kappa shape index (κ3) is 9.14. The predicted octanol–water partition coefficient (Wildman–Crippen LogP) is 5.89. The Kier molecular flexibility index (Phi) is 10.3. The molecule has 1 rings (SSSR count). The quantitative estimate of drug-likeness (QED) is 0.359. The van der Waals surface area contributed by atoms with E-state index in [2.05, 4.69) is 13.8 Å². The van der Waals surface area contributed by atoms with Gasteiger partial charge in [0, 0.05) is 0 Å². The summed E-state index contributed by atoms with van der Waals surface area (Å²) in [5, 5.41) is 0. The van der Waals surface area contributed by atoms with E-state index in [0.29, 0.717) is 5.75 Å². The second kappa shape index (κ2) is 11.7. The highest BCUT2D eigenvalue weighted by atomic mass is 31.2. The zero-order valence-corrected chi connectivity index (χ0v) is 15.4. The Morgan fingerprint density at radius 3 is 2.35 bits per heavy atom. The molecule has 0 heterocycles. The lowest BCUT2D eigenvalue weighted by molar-refractivity contribution is 0.199. The Morgan fingerprint density at radius 2 is 1.61 bits per heavy atom. The minimum Gasteiger partial charge on any atom is -0.404 e. The largest absolute Gasteiger partial charge is 0.527 e. The number of hydrogen-bond acceptors (Lipinski definition) is 3. The number of benzene rings is 1. The molecule has 0 saturated carbocycles. The van der Waals surface area contributed by atoms with Crippen LogP contribution in [0.15, 0.2) is 24.3 Å². The summed E-state index contributed by atoms with van der Waals surface area (Å²) in [4.78, 5) is 9.87. The lowest BCUT2D eigenvalue weighted by Gasteiger charge is -2.15. The van der Waals surface area contributed by atoms with Gasteiger partial charge < -0.3 is 4.52 Å². The van der Waals surface area contributed by atoms with Crippen molar-refractivity contribution in [1.82, 2.24) is 0 Å². The molecule has 0 amide bonds. The van der Waals surface area contributed by atoms with Crippen molar-refractivity contribution in [3.05, 3.63) is 29.8 Å². The first-order valence-corrected chi connectivity index (χ1v) is 10.3. The van der Waals surface area contributed by atoms with Crippen molar-refractivity contribution in [3.63, 3.8) is 0 Å². The maximum absolute atomic E-state index is 12.1. The number of hydrogen-bond donors (Lipinski definition) is 1. The molecule has 1 unspecified atom stereocenters. The molecule has 1 N–H and O–H groups in total. The first-order valence-electron chi connectivity index (χ1n) is 8.84. The molecular weight excluding hydrogens is 311 g/mol. The molecule has 4 nitrogen and oxygen atoms in total. The second-order valence-electron chi connectivity index (χ2n) is 5.87. The second-order valence-corrected chi connectivity index (χ2v) is 7.25. The number of aryl methyl sites for hydroxylation is 1. The van der Waals surface area contributed by atoms with E-state index in [1.165, 1.54) is 19.3 Å². The molecule has 1 aromatic rings. The fourth-order valence-electron chi connectivity index (χ4n) is 2.38. The van der Waals surface area contributed by atoms with Crippen LogP contribution in [0.4, 0.5) is 0 Å². The van der Waals surface area contributed by atoms with Crippen LogP contribution < -0.4 is 4.52 Å².